The largest absolute Gasteiger partial charge is 0.385 e. The molecule has 0 amide bonds. The molecule has 0 heterocycles. The van der Waals surface area contributed by atoms with Crippen LogP contribution in [0, 0.1) is 10.1 Å². The number of rotatable bonds is 7. The van der Waals surface area contributed by atoms with E-state index in [9.17, 15) is 15.2 Å². The topological polar surface area (TPSA) is 63.4 Å². The van der Waals surface area contributed by atoms with Crippen molar-refractivity contribution in [3.05, 3.63) is 10.1 Å². The van der Waals surface area contributed by atoms with Crippen molar-refractivity contribution in [2.24, 2.45) is 0 Å². The van der Waals surface area contributed by atoms with E-state index in [0.29, 0.717) is 6.42 Å². The Kier molecular flexibility index (Phi) is 7.17. The molecular weight excluding hydrogens is 238 g/mol. The van der Waals surface area contributed by atoms with Crippen LogP contribution >= 0.6 is 15.9 Å². The summed E-state index contributed by atoms with van der Waals surface area (Å²) >= 11 is 2.83. The van der Waals surface area contributed by atoms with Crippen LogP contribution in [0.15, 0.2) is 0 Å². The maximum atomic E-state index is 10.2. The van der Waals surface area contributed by atoms with Crippen molar-refractivity contribution in [2.45, 2.75) is 50.1 Å². The van der Waals surface area contributed by atoms with Gasteiger partial charge in [-0.05, 0) is 22.4 Å². The highest BCUT2D eigenvalue weighted by Gasteiger charge is 2.25. The molecule has 0 fully saturated rings. The van der Waals surface area contributed by atoms with Gasteiger partial charge in [-0.2, -0.15) is 0 Å². The second-order valence-corrected chi connectivity index (χ2v) is 4.01. The first kappa shape index (κ1) is 12.8. The molecule has 1 N–H and O–H groups in total. The SMILES string of the molecule is CCCCCCC(O)C(Br)[N+](=O)[O-]. The molecule has 0 rings (SSSR count). The van der Waals surface area contributed by atoms with Gasteiger partial charge in [-0.3, -0.25) is 10.1 Å². The molecule has 0 aromatic rings. The van der Waals surface area contributed by atoms with Crippen molar-refractivity contribution in [3.63, 3.8) is 0 Å². The minimum absolute atomic E-state index is 0.497. The van der Waals surface area contributed by atoms with Crippen molar-refractivity contribution < 1.29 is 10.0 Å². The van der Waals surface area contributed by atoms with Crippen LogP contribution in [0.3, 0.4) is 0 Å². The summed E-state index contributed by atoms with van der Waals surface area (Å²) in [4.78, 5) is 8.70. The second kappa shape index (κ2) is 7.26. The fraction of sp³-hybridized carbons (Fsp3) is 1.00. The van der Waals surface area contributed by atoms with E-state index in [2.05, 4.69) is 22.9 Å². The number of nitro groups is 1. The lowest BCUT2D eigenvalue weighted by Crippen LogP contribution is -2.27. The molecule has 0 aromatic heterocycles. The Morgan fingerprint density at radius 3 is 2.54 bits per heavy atom. The average Bonchev–Trinajstić information content (AvgIpc) is 2.10. The van der Waals surface area contributed by atoms with Crippen LogP contribution in [0.5, 0.6) is 0 Å². The van der Waals surface area contributed by atoms with Gasteiger partial charge in [0, 0.05) is 4.92 Å². The van der Waals surface area contributed by atoms with E-state index in [-0.39, 0.29) is 0 Å². The molecule has 0 aliphatic carbocycles. The van der Waals surface area contributed by atoms with E-state index in [1.54, 1.807) is 0 Å². The molecule has 0 saturated heterocycles. The van der Waals surface area contributed by atoms with Gasteiger partial charge in [0.25, 0.3) is 4.95 Å². The number of alkyl halides is 1. The summed E-state index contributed by atoms with van der Waals surface area (Å²) in [6, 6.07) is 0. The molecule has 2 unspecified atom stereocenters. The minimum Gasteiger partial charge on any atom is -0.385 e. The number of halogens is 1. The van der Waals surface area contributed by atoms with Gasteiger partial charge in [0.15, 0.2) is 0 Å². The molecule has 78 valence electrons. The number of aliphatic hydroxyl groups excluding tert-OH is 1. The summed E-state index contributed by atoms with van der Waals surface area (Å²) in [5, 5.41) is 19.5. The lowest BCUT2D eigenvalue weighted by Gasteiger charge is -2.09. The van der Waals surface area contributed by atoms with Gasteiger partial charge in [0.2, 0.25) is 0 Å². The average molecular weight is 254 g/mol. The van der Waals surface area contributed by atoms with Crippen molar-refractivity contribution >= 4 is 15.9 Å². The molecular formula is C8H16BrNO3. The third-order valence-electron chi connectivity index (χ3n) is 1.87. The quantitative estimate of drug-likeness (QED) is 0.249. The third kappa shape index (κ3) is 5.99. The molecule has 0 spiro atoms. The van der Waals surface area contributed by atoms with Crippen LogP contribution in [0.1, 0.15) is 39.0 Å². The van der Waals surface area contributed by atoms with Crippen molar-refractivity contribution in [1.82, 2.24) is 0 Å². The van der Waals surface area contributed by atoms with E-state index in [1.807, 2.05) is 0 Å². The predicted octanol–water partition coefficient (Wildman–Crippen LogP) is 2.32. The minimum atomic E-state index is -1.02. The summed E-state index contributed by atoms with van der Waals surface area (Å²) in [5.41, 5.74) is 0. The van der Waals surface area contributed by atoms with E-state index in [1.165, 1.54) is 0 Å². The number of unbranched alkanes of at least 4 members (excludes halogenated alkanes) is 3. The molecule has 0 radical (unpaired) electrons. The Balaban J connectivity index is 3.50. The van der Waals surface area contributed by atoms with Crippen LogP contribution in [0.2, 0.25) is 0 Å². The van der Waals surface area contributed by atoms with Crippen molar-refractivity contribution in [2.75, 3.05) is 0 Å². The lowest BCUT2D eigenvalue weighted by atomic mass is 10.1. The zero-order chi connectivity index (χ0) is 10.3. The van der Waals surface area contributed by atoms with Gasteiger partial charge in [-0.25, -0.2) is 0 Å². The van der Waals surface area contributed by atoms with Crippen LogP contribution in [-0.4, -0.2) is 21.1 Å². The maximum Gasteiger partial charge on any atom is 0.291 e. The van der Waals surface area contributed by atoms with Crippen LogP contribution < -0.4 is 0 Å². The van der Waals surface area contributed by atoms with Gasteiger partial charge in [-0.1, -0.05) is 32.6 Å². The Hall–Kier alpha value is -0.160. The fourth-order valence-electron chi connectivity index (χ4n) is 1.06. The third-order valence-corrected chi connectivity index (χ3v) is 2.82. The monoisotopic (exact) mass is 253 g/mol. The Labute approximate surface area is 86.6 Å². The summed E-state index contributed by atoms with van der Waals surface area (Å²) in [6.07, 6.45) is 3.76. The molecule has 0 saturated carbocycles. The Morgan fingerprint density at radius 1 is 1.46 bits per heavy atom. The highest BCUT2D eigenvalue weighted by molar-refractivity contribution is 9.09. The van der Waals surface area contributed by atoms with Gasteiger partial charge < -0.3 is 5.11 Å². The first-order valence-electron chi connectivity index (χ1n) is 4.55. The van der Waals surface area contributed by atoms with Gasteiger partial charge in [0.05, 0.1) is 0 Å². The first-order valence-corrected chi connectivity index (χ1v) is 5.46. The summed E-state index contributed by atoms with van der Waals surface area (Å²) < 4.78 is 0. The maximum absolute atomic E-state index is 10.2. The highest BCUT2D eigenvalue weighted by Crippen LogP contribution is 2.13. The van der Waals surface area contributed by atoms with Gasteiger partial charge in [-0.15, -0.1) is 0 Å². The van der Waals surface area contributed by atoms with Crippen molar-refractivity contribution in [1.29, 1.82) is 0 Å². The van der Waals surface area contributed by atoms with E-state index in [4.69, 9.17) is 0 Å². The predicted molar refractivity (Wildman–Crippen MR) is 54.5 cm³/mol. The molecule has 0 aromatic carbocycles. The van der Waals surface area contributed by atoms with Crippen molar-refractivity contribution in [3.8, 4) is 0 Å². The highest BCUT2D eigenvalue weighted by atomic mass is 79.9. The summed E-state index contributed by atoms with van der Waals surface area (Å²) in [6.45, 7) is 2.10. The van der Waals surface area contributed by atoms with E-state index < -0.39 is 16.0 Å². The molecule has 4 nitrogen and oxygen atoms in total. The van der Waals surface area contributed by atoms with Crippen LogP contribution in [0.25, 0.3) is 0 Å². The lowest BCUT2D eigenvalue weighted by molar-refractivity contribution is -0.504. The van der Waals surface area contributed by atoms with E-state index in [0.717, 1.165) is 25.7 Å². The number of nitrogens with zero attached hydrogens (tertiary/aromatic N) is 1. The molecule has 2 atom stereocenters. The molecule has 0 bridgehead atoms. The Morgan fingerprint density at radius 2 is 2.08 bits per heavy atom. The fourth-order valence-corrected chi connectivity index (χ4v) is 1.32. The van der Waals surface area contributed by atoms with E-state index >= 15 is 0 Å². The number of hydrogen-bond acceptors (Lipinski definition) is 3. The smallest absolute Gasteiger partial charge is 0.291 e. The molecule has 5 heteroatoms. The molecule has 0 aliphatic rings. The number of hydrogen-bond donors (Lipinski definition) is 1. The normalized spacial score (nSPS) is 15.3. The summed E-state index contributed by atoms with van der Waals surface area (Å²) in [7, 11) is 0. The zero-order valence-corrected chi connectivity index (χ0v) is 9.37. The molecule has 13 heavy (non-hydrogen) atoms. The number of aliphatic hydroxyl groups is 1. The van der Waals surface area contributed by atoms with Gasteiger partial charge >= 0.3 is 0 Å². The van der Waals surface area contributed by atoms with Gasteiger partial charge in [0.1, 0.15) is 6.10 Å². The summed E-state index contributed by atoms with van der Waals surface area (Å²) in [5.74, 6) is 0. The van der Waals surface area contributed by atoms with Crippen LogP contribution in [-0.2, 0) is 0 Å². The first-order chi connectivity index (χ1) is 6.09. The molecule has 0 aliphatic heterocycles. The zero-order valence-electron chi connectivity index (χ0n) is 7.78. The second-order valence-electron chi connectivity index (χ2n) is 3.07. The Bertz CT molecular complexity index is 154. The van der Waals surface area contributed by atoms with Crippen LogP contribution in [0.4, 0.5) is 0 Å². The standard InChI is InChI=1S/C8H16BrNO3/c1-2-3-4-5-6-7(11)8(9)10(12)13/h7-8,11H,2-6H2,1H3.